The van der Waals surface area contributed by atoms with E-state index in [-0.39, 0.29) is 11.1 Å². The highest BCUT2D eigenvalue weighted by atomic mass is 16.5. The van der Waals surface area contributed by atoms with Gasteiger partial charge in [-0.15, -0.1) is 10.2 Å². The number of aromatic nitrogens is 2. The summed E-state index contributed by atoms with van der Waals surface area (Å²) in [6.07, 6.45) is 0.992. The Labute approximate surface area is 127 Å². The van der Waals surface area contributed by atoms with Gasteiger partial charge in [0.2, 0.25) is 0 Å². The summed E-state index contributed by atoms with van der Waals surface area (Å²) in [6, 6.07) is 11.4. The van der Waals surface area contributed by atoms with Gasteiger partial charge in [0.05, 0.1) is 12.0 Å². The molecular weight excluding hydrogens is 282 g/mol. The summed E-state index contributed by atoms with van der Waals surface area (Å²) < 4.78 is 5.83. The number of carbonyl (C=O) groups is 1. The molecular formula is C16H15N3O3. The SMILES string of the molecule is O=C(O)c1ccc(N2CCC3(COc4ccccc43)C2)nn1. The Balaban J connectivity index is 1.59. The maximum Gasteiger partial charge on any atom is 0.356 e. The number of hydrogen-bond acceptors (Lipinski definition) is 5. The number of hydrogen-bond donors (Lipinski definition) is 1. The average Bonchev–Trinajstić information content (AvgIpc) is 3.14. The molecule has 0 radical (unpaired) electrons. The number of benzene rings is 1. The van der Waals surface area contributed by atoms with Crippen LogP contribution in [0.3, 0.4) is 0 Å². The van der Waals surface area contributed by atoms with E-state index in [1.165, 1.54) is 11.6 Å². The smallest absolute Gasteiger partial charge is 0.356 e. The lowest BCUT2D eigenvalue weighted by Crippen LogP contribution is -2.32. The fraction of sp³-hybridized carbons (Fsp3) is 0.312. The van der Waals surface area contributed by atoms with E-state index in [1.807, 2.05) is 18.2 Å². The van der Waals surface area contributed by atoms with Gasteiger partial charge in [-0.3, -0.25) is 0 Å². The number of anilines is 1. The molecule has 0 bridgehead atoms. The Morgan fingerprint density at radius 1 is 1.23 bits per heavy atom. The van der Waals surface area contributed by atoms with E-state index in [9.17, 15) is 4.79 Å². The molecule has 112 valence electrons. The fourth-order valence-electron chi connectivity index (χ4n) is 3.34. The minimum Gasteiger partial charge on any atom is -0.492 e. The molecule has 3 heterocycles. The molecule has 0 amide bonds. The second kappa shape index (κ2) is 4.69. The molecule has 1 spiro atoms. The van der Waals surface area contributed by atoms with Gasteiger partial charge in [0, 0.05) is 18.7 Å². The number of ether oxygens (including phenoxy) is 1. The molecule has 1 aromatic heterocycles. The van der Waals surface area contributed by atoms with Crippen molar-refractivity contribution in [1.82, 2.24) is 10.2 Å². The molecule has 6 nitrogen and oxygen atoms in total. The number of fused-ring (bicyclic) bond motifs is 2. The maximum absolute atomic E-state index is 10.8. The number of para-hydroxylation sites is 1. The van der Waals surface area contributed by atoms with Gasteiger partial charge in [0.15, 0.2) is 11.5 Å². The zero-order valence-corrected chi connectivity index (χ0v) is 11.9. The molecule has 0 saturated carbocycles. The van der Waals surface area contributed by atoms with Crippen molar-refractivity contribution >= 4 is 11.8 Å². The van der Waals surface area contributed by atoms with Gasteiger partial charge in [-0.1, -0.05) is 18.2 Å². The largest absolute Gasteiger partial charge is 0.492 e. The van der Waals surface area contributed by atoms with Gasteiger partial charge in [-0.25, -0.2) is 4.79 Å². The standard InChI is InChI=1S/C16H15N3O3/c20-15(21)12-5-6-14(18-17-12)19-8-7-16(9-19)10-22-13-4-2-1-3-11(13)16/h1-6H,7-10H2,(H,20,21). The van der Waals surface area contributed by atoms with E-state index in [1.54, 1.807) is 6.07 Å². The second-order valence-corrected chi connectivity index (χ2v) is 5.82. The van der Waals surface area contributed by atoms with Gasteiger partial charge < -0.3 is 14.7 Å². The van der Waals surface area contributed by atoms with Crippen LogP contribution in [-0.4, -0.2) is 41.0 Å². The predicted molar refractivity (Wildman–Crippen MR) is 79.4 cm³/mol. The predicted octanol–water partition coefficient (Wildman–Crippen LogP) is 1.72. The van der Waals surface area contributed by atoms with E-state index < -0.39 is 5.97 Å². The highest BCUT2D eigenvalue weighted by Gasteiger charge is 2.46. The first kappa shape index (κ1) is 13.1. The summed E-state index contributed by atoms with van der Waals surface area (Å²) in [5.74, 6) is 0.623. The van der Waals surface area contributed by atoms with Crippen LogP contribution < -0.4 is 9.64 Å². The van der Waals surface area contributed by atoms with E-state index >= 15 is 0 Å². The number of rotatable bonds is 2. The van der Waals surface area contributed by atoms with Crippen molar-refractivity contribution in [2.24, 2.45) is 0 Å². The first-order valence-electron chi connectivity index (χ1n) is 7.22. The third-order valence-electron chi connectivity index (χ3n) is 4.51. The maximum atomic E-state index is 10.8. The van der Waals surface area contributed by atoms with Gasteiger partial charge in [0.1, 0.15) is 5.75 Å². The van der Waals surface area contributed by atoms with Crippen LogP contribution in [0.4, 0.5) is 5.82 Å². The van der Waals surface area contributed by atoms with Crippen LogP contribution in [0.2, 0.25) is 0 Å². The molecule has 2 aromatic rings. The number of aromatic carboxylic acids is 1. The minimum absolute atomic E-state index is 0.00371. The second-order valence-electron chi connectivity index (χ2n) is 5.82. The first-order valence-corrected chi connectivity index (χ1v) is 7.22. The van der Waals surface area contributed by atoms with Crippen molar-refractivity contribution in [1.29, 1.82) is 0 Å². The molecule has 1 fully saturated rings. The topological polar surface area (TPSA) is 75.5 Å². The summed E-state index contributed by atoms with van der Waals surface area (Å²) in [6.45, 7) is 2.35. The highest BCUT2D eigenvalue weighted by molar-refractivity contribution is 5.85. The van der Waals surface area contributed by atoms with Gasteiger partial charge in [-0.05, 0) is 24.6 Å². The van der Waals surface area contributed by atoms with Crippen LogP contribution >= 0.6 is 0 Å². The van der Waals surface area contributed by atoms with Crippen molar-refractivity contribution in [2.75, 3.05) is 24.6 Å². The lowest BCUT2D eigenvalue weighted by molar-refractivity contribution is 0.0689. The van der Waals surface area contributed by atoms with Crippen molar-refractivity contribution in [2.45, 2.75) is 11.8 Å². The molecule has 0 aliphatic carbocycles. The fourth-order valence-corrected chi connectivity index (χ4v) is 3.34. The van der Waals surface area contributed by atoms with Crippen molar-refractivity contribution < 1.29 is 14.6 Å². The van der Waals surface area contributed by atoms with Crippen LogP contribution in [0.15, 0.2) is 36.4 Å². The van der Waals surface area contributed by atoms with Crippen molar-refractivity contribution in [3.63, 3.8) is 0 Å². The number of nitrogens with zero attached hydrogens (tertiary/aromatic N) is 3. The molecule has 1 saturated heterocycles. The van der Waals surface area contributed by atoms with Crippen molar-refractivity contribution in [3.05, 3.63) is 47.7 Å². The van der Waals surface area contributed by atoms with Gasteiger partial charge in [-0.2, -0.15) is 0 Å². The monoisotopic (exact) mass is 297 g/mol. The Bertz CT molecular complexity index is 732. The zero-order chi connectivity index (χ0) is 15.2. The summed E-state index contributed by atoms with van der Waals surface area (Å²) in [5, 5.41) is 16.7. The van der Waals surface area contributed by atoms with E-state index in [4.69, 9.17) is 9.84 Å². The van der Waals surface area contributed by atoms with Crippen LogP contribution in [-0.2, 0) is 5.41 Å². The molecule has 2 aliphatic heterocycles. The van der Waals surface area contributed by atoms with E-state index in [0.29, 0.717) is 12.4 Å². The number of carboxylic acids is 1. The lowest BCUT2D eigenvalue weighted by Gasteiger charge is -2.23. The average molecular weight is 297 g/mol. The van der Waals surface area contributed by atoms with Crippen LogP contribution in [0.1, 0.15) is 22.5 Å². The molecule has 4 rings (SSSR count). The summed E-state index contributed by atoms with van der Waals surface area (Å²) in [4.78, 5) is 13.0. The van der Waals surface area contributed by atoms with Gasteiger partial charge >= 0.3 is 5.97 Å². The van der Waals surface area contributed by atoms with Crippen LogP contribution in [0.5, 0.6) is 5.75 Å². The molecule has 1 aromatic carbocycles. The Morgan fingerprint density at radius 2 is 2.09 bits per heavy atom. The normalized spacial score (nSPS) is 22.6. The van der Waals surface area contributed by atoms with Crippen LogP contribution in [0.25, 0.3) is 0 Å². The third kappa shape index (κ3) is 1.91. The van der Waals surface area contributed by atoms with E-state index in [2.05, 4.69) is 21.2 Å². The molecule has 6 heteroatoms. The third-order valence-corrected chi connectivity index (χ3v) is 4.51. The zero-order valence-electron chi connectivity index (χ0n) is 11.9. The molecule has 22 heavy (non-hydrogen) atoms. The first-order chi connectivity index (χ1) is 10.7. The quantitative estimate of drug-likeness (QED) is 0.909. The van der Waals surface area contributed by atoms with Crippen molar-refractivity contribution in [3.8, 4) is 5.75 Å². The summed E-state index contributed by atoms with van der Waals surface area (Å²) >= 11 is 0. The summed E-state index contributed by atoms with van der Waals surface area (Å²) in [7, 11) is 0. The Hall–Kier alpha value is -2.63. The minimum atomic E-state index is -1.06. The molecule has 1 unspecified atom stereocenters. The molecule has 2 aliphatic rings. The Kier molecular flexibility index (Phi) is 2.79. The lowest BCUT2D eigenvalue weighted by atomic mass is 9.82. The van der Waals surface area contributed by atoms with Gasteiger partial charge in [0.25, 0.3) is 0 Å². The number of carboxylic acid groups (broad SMARTS) is 1. The molecule has 1 N–H and O–H groups in total. The van der Waals surface area contributed by atoms with Crippen LogP contribution in [0, 0.1) is 0 Å². The molecule has 1 atom stereocenters. The highest BCUT2D eigenvalue weighted by Crippen LogP contribution is 2.45. The Morgan fingerprint density at radius 3 is 2.86 bits per heavy atom. The van der Waals surface area contributed by atoms with E-state index in [0.717, 1.165) is 25.3 Å². The summed E-state index contributed by atoms with van der Waals surface area (Å²) in [5.41, 5.74) is 1.23.